The van der Waals surface area contributed by atoms with Gasteiger partial charge in [0, 0.05) is 18.2 Å². The number of hydrogen-bond acceptors (Lipinski definition) is 4. The Morgan fingerprint density at radius 2 is 2.05 bits per heavy atom. The van der Waals surface area contributed by atoms with E-state index in [4.69, 9.17) is 0 Å². The predicted octanol–water partition coefficient (Wildman–Crippen LogP) is 4.56. The van der Waals surface area contributed by atoms with Gasteiger partial charge in [-0.1, -0.05) is 31.9 Å². The Bertz CT molecular complexity index is 426. The normalized spacial score (nSPS) is 12.3. The maximum absolute atomic E-state index is 10.8. The van der Waals surface area contributed by atoms with Crippen LogP contribution in [-0.4, -0.2) is 23.5 Å². The molecule has 0 bridgehead atoms. The molecule has 1 N–H and O–H groups in total. The Morgan fingerprint density at radius 3 is 2.71 bits per heavy atom. The SMILES string of the molecule is CCC(NCCCCCCSC)c1cccc([N+](=O)[O-])c1. The number of rotatable bonds is 11. The zero-order chi connectivity index (χ0) is 15.5. The fraction of sp³-hybridized carbons (Fsp3) is 0.625. The summed E-state index contributed by atoms with van der Waals surface area (Å²) in [7, 11) is 0. The highest BCUT2D eigenvalue weighted by molar-refractivity contribution is 7.98. The van der Waals surface area contributed by atoms with E-state index in [1.165, 1.54) is 31.4 Å². The van der Waals surface area contributed by atoms with E-state index in [9.17, 15) is 10.1 Å². The fourth-order valence-corrected chi connectivity index (χ4v) is 2.85. The van der Waals surface area contributed by atoms with E-state index in [0.29, 0.717) is 0 Å². The van der Waals surface area contributed by atoms with E-state index in [-0.39, 0.29) is 16.7 Å². The first-order chi connectivity index (χ1) is 10.2. The molecule has 0 aliphatic rings. The van der Waals surface area contributed by atoms with E-state index < -0.39 is 0 Å². The number of hydrogen-bond donors (Lipinski definition) is 1. The van der Waals surface area contributed by atoms with Crippen LogP contribution >= 0.6 is 11.8 Å². The highest BCUT2D eigenvalue weighted by atomic mass is 32.2. The number of nitro benzene ring substituents is 1. The summed E-state index contributed by atoms with van der Waals surface area (Å²) in [6, 6.07) is 7.16. The highest BCUT2D eigenvalue weighted by Gasteiger charge is 2.12. The Hall–Kier alpha value is -1.07. The lowest BCUT2D eigenvalue weighted by molar-refractivity contribution is -0.384. The largest absolute Gasteiger partial charge is 0.310 e. The summed E-state index contributed by atoms with van der Waals surface area (Å²) < 4.78 is 0. The second-order valence-electron chi connectivity index (χ2n) is 5.17. The molecule has 1 atom stereocenters. The third-order valence-electron chi connectivity index (χ3n) is 3.56. The average molecular weight is 310 g/mol. The number of nitrogens with zero attached hydrogens (tertiary/aromatic N) is 1. The second kappa shape index (κ2) is 10.6. The van der Waals surface area contributed by atoms with Gasteiger partial charge >= 0.3 is 0 Å². The Labute approximate surface area is 131 Å². The number of benzene rings is 1. The Morgan fingerprint density at radius 1 is 1.29 bits per heavy atom. The minimum absolute atomic E-state index is 0.171. The molecule has 0 saturated heterocycles. The van der Waals surface area contributed by atoms with E-state index in [2.05, 4.69) is 18.5 Å². The third-order valence-corrected chi connectivity index (χ3v) is 4.25. The third kappa shape index (κ3) is 6.96. The highest BCUT2D eigenvalue weighted by Crippen LogP contribution is 2.21. The first-order valence-electron chi connectivity index (χ1n) is 7.65. The molecule has 5 heteroatoms. The summed E-state index contributed by atoms with van der Waals surface area (Å²) in [4.78, 5) is 10.5. The molecular formula is C16H26N2O2S. The van der Waals surface area contributed by atoms with Crippen LogP contribution in [0.15, 0.2) is 24.3 Å². The summed E-state index contributed by atoms with van der Waals surface area (Å²) in [6.45, 7) is 3.08. The molecule has 0 amide bonds. The first-order valence-corrected chi connectivity index (χ1v) is 9.05. The van der Waals surface area contributed by atoms with Gasteiger partial charge in [-0.2, -0.15) is 11.8 Å². The van der Waals surface area contributed by atoms with Crippen LogP contribution in [0.2, 0.25) is 0 Å². The summed E-state index contributed by atoms with van der Waals surface area (Å²) >= 11 is 1.90. The first kappa shape index (κ1) is 18.0. The standard InChI is InChI=1S/C16H26N2O2S/c1-3-16(17-11-6-4-5-7-12-21-2)14-9-8-10-15(13-14)18(19)20/h8-10,13,16-17H,3-7,11-12H2,1-2H3. The Kier molecular flexibility index (Phi) is 9.10. The number of thioether (sulfide) groups is 1. The summed E-state index contributed by atoms with van der Waals surface area (Å²) in [5, 5.41) is 14.3. The molecule has 1 unspecified atom stereocenters. The molecule has 0 spiro atoms. The maximum Gasteiger partial charge on any atom is 0.269 e. The molecule has 21 heavy (non-hydrogen) atoms. The van der Waals surface area contributed by atoms with E-state index in [1.807, 2.05) is 17.8 Å². The minimum Gasteiger partial charge on any atom is -0.310 e. The zero-order valence-electron chi connectivity index (χ0n) is 13.0. The quantitative estimate of drug-likeness (QED) is 0.370. The molecule has 1 aromatic carbocycles. The predicted molar refractivity (Wildman–Crippen MR) is 91.0 cm³/mol. The van der Waals surface area contributed by atoms with Crippen molar-refractivity contribution in [3.05, 3.63) is 39.9 Å². The van der Waals surface area contributed by atoms with Crippen molar-refractivity contribution in [1.29, 1.82) is 0 Å². The van der Waals surface area contributed by atoms with Crippen LogP contribution in [0.1, 0.15) is 50.6 Å². The molecule has 0 radical (unpaired) electrons. The van der Waals surface area contributed by atoms with Crippen LogP contribution in [0.25, 0.3) is 0 Å². The van der Waals surface area contributed by atoms with Crippen LogP contribution in [-0.2, 0) is 0 Å². The molecule has 0 aliphatic heterocycles. The van der Waals surface area contributed by atoms with Crippen molar-refractivity contribution in [3.63, 3.8) is 0 Å². The summed E-state index contributed by atoms with van der Waals surface area (Å²) in [5.41, 5.74) is 1.18. The van der Waals surface area contributed by atoms with Crippen LogP contribution in [0.5, 0.6) is 0 Å². The molecule has 0 heterocycles. The number of nitrogens with one attached hydrogen (secondary N) is 1. The molecular weight excluding hydrogens is 284 g/mol. The summed E-state index contributed by atoms with van der Waals surface area (Å²) in [6.07, 6.45) is 8.08. The maximum atomic E-state index is 10.8. The second-order valence-corrected chi connectivity index (χ2v) is 6.16. The molecule has 0 saturated carbocycles. The van der Waals surface area contributed by atoms with Gasteiger partial charge in [0.15, 0.2) is 0 Å². The van der Waals surface area contributed by atoms with Crippen molar-refractivity contribution in [2.24, 2.45) is 0 Å². The minimum atomic E-state index is -0.331. The van der Waals surface area contributed by atoms with E-state index in [0.717, 1.165) is 18.5 Å². The van der Waals surface area contributed by atoms with Crippen LogP contribution < -0.4 is 5.32 Å². The summed E-state index contributed by atoms with van der Waals surface area (Å²) in [5.74, 6) is 1.25. The number of unbranched alkanes of at least 4 members (excludes halogenated alkanes) is 3. The average Bonchev–Trinajstić information content (AvgIpc) is 2.50. The van der Waals surface area contributed by atoms with Gasteiger partial charge in [-0.15, -0.1) is 0 Å². The molecule has 118 valence electrons. The lowest BCUT2D eigenvalue weighted by Gasteiger charge is -2.17. The molecule has 0 aliphatic carbocycles. The van der Waals surface area contributed by atoms with Crippen LogP contribution in [0.4, 0.5) is 5.69 Å². The fourth-order valence-electron chi connectivity index (χ4n) is 2.35. The van der Waals surface area contributed by atoms with Gasteiger partial charge in [-0.05, 0) is 43.4 Å². The van der Waals surface area contributed by atoms with Gasteiger partial charge in [0.05, 0.1) is 4.92 Å². The molecule has 4 nitrogen and oxygen atoms in total. The van der Waals surface area contributed by atoms with Gasteiger partial charge in [0.1, 0.15) is 0 Å². The smallest absolute Gasteiger partial charge is 0.269 e. The topological polar surface area (TPSA) is 55.2 Å². The van der Waals surface area contributed by atoms with Crippen molar-refractivity contribution in [1.82, 2.24) is 5.32 Å². The molecule has 0 aromatic heterocycles. The van der Waals surface area contributed by atoms with Crippen molar-refractivity contribution in [2.75, 3.05) is 18.6 Å². The van der Waals surface area contributed by atoms with E-state index >= 15 is 0 Å². The van der Waals surface area contributed by atoms with Gasteiger partial charge in [0.25, 0.3) is 5.69 Å². The van der Waals surface area contributed by atoms with Crippen molar-refractivity contribution in [2.45, 2.75) is 45.1 Å². The van der Waals surface area contributed by atoms with Crippen molar-refractivity contribution < 1.29 is 4.92 Å². The van der Waals surface area contributed by atoms with Crippen LogP contribution in [0.3, 0.4) is 0 Å². The molecule has 1 aromatic rings. The van der Waals surface area contributed by atoms with Gasteiger partial charge in [-0.3, -0.25) is 10.1 Å². The lowest BCUT2D eigenvalue weighted by Crippen LogP contribution is -2.22. The number of nitro groups is 1. The zero-order valence-corrected chi connectivity index (χ0v) is 13.8. The monoisotopic (exact) mass is 310 g/mol. The number of non-ortho nitro benzene ring substituents is 1. The van der Waals surface area contributed by atoms with Crippen molar-refractivity contribution >= 4 is 17.4 Å². The Balaban J connectivity index is 2.37. The molecule has 1 rings (SSSR count). The van der Waals surface area contributed by atoms with Crippen LogP contribution in [0, 0.1) is 10.1 Å². The molecule has 0 fully saturated rings. The van der Waals surface area contributed by atoms with Gasteiger partial charge in [-0.25, -0.2) is 0 Å². The van der Waals surface area contributed by atoms with E-state index in [1.54, 1.807) is 18.2 Å². The van der Waals surface area contributed by atoms with Gasteiger partial charge in [0.2, 0.25) is 0 Å². The van der Waals surface area contributed by atoms with Gasteiger partial charge < -0.3 is 5.32 Å². The van der Waals surface area contributed by atoms with Crippen molar-refractivity contribution in [3.8, 4) is 0 Å². The lowest BCUT2D eigenvalue weighted by atomic mass is 10.0.